The number of rotatable bonds is 7. The largest absolute Gasteiger partial charge is 0.312 e. The Kier molecular flexibility index (Phi) is 5.50. The van der Waals surface area contributed by atoms with Crippen LogP contribution in [-0.2, 0) is 13.2 Å². The van der Waals surface area contributed by atoms with E-state index >= 15 is 0 Å². The van der Waals surface area contributed by atoms with Crippen molar-refractivity contribution < 1.29 is 9.72 Å². The molecule has 0 saturated heterocycles. The first kappa shape index (κ1) is 20.9. The molecule has 0 radical (unpaired) electrons. The Bertz CT molecular complexity index is 1300. The molecule has 4 rings (SSSR count). The Balaban J connectivity index is 1.41. The zero-order valence-electron chi connectivity index (χ0n) is 17.8. The molecule has 0 fully saturated rings. The third-order valence-electron chi connectivity index (χ3n) is 4.87. The molecule has 0 aliphatic carbocycles. The Morgan fingerprint density at radius 1 is 1.12 bits per heavy atom. The van der Waals surface area contributed by atoms with E-state index in [4.69, 9.17) is 0 Å². The highest BCUT2D eigenvalue weighted by Crippen LogP contribution is 2.21. The van der Waals surface area contributed by atoms with Gasteiger partial charge in [0.1, 0.15) is 24.4 Å². The molecule has 0 aliphatic rings. The van der Waals surface area contributed by atoms with Crippen molar-refractivity contribution in [2.24, 2.45) is 0 Å². The van der Waals surface area contributed by atoms with Crippen LogP contribution in [0.15, 0.2) is 42.9 Å². The van der Waals surface area contributed by atoms with E-state index in [0.29, 0.717) is 17.9 Å². The van der Waals surface area contributed by atoms with E-state index in [2.05, 4.69) is 31.7 Å². The number of aromatic nitrogens is 7. The quantitative estimate of drug-likeness (QED) is 0.347. The number of nitro groups is 1. The molecule has 12 heteroatoms. The molecule has 0 aliphatic heterocycles. The summed E-state index contributed by atoms with van der Waals surface area (Å²) in [5.74, 6) is -0.289. The molecule has 1 N–H and O–H groups in total. The molecular formula is C20H21N9O3. The van der Waals surface area contributed by atoms with Gasteiger partial charge in [-0.2, -0.15) is 10.2 Å². The van der Waals surface area contributed by atoms with Gasteiger partial charge in [0, 0.05) is 6.20 Å². The van der Waals surface area contributed by atoms with E-state index in [1.807, 2.05) is 25.1 Å². The summed E-state index contributed by atoms with van der Waals surface area (Å²) in [6, 6.07) is 9.59. The standard InChI is InChI=1S/C20H21N9O3/c1-13-5-4-6-16(9-13)10-27-11-21-20(25-27)22-19(30)17-7-8-26(24-17)12-28-15(3)18(29(31)32)14(2)23-28/h4-9,11H,10,12H2,1-3H3,(H,22,25,30). The van der Waals surface area contributed by atoms with E-state index in [-0.39, 0.29) is 24.0 Å². The lowest BCUT2D eigenvalue weighted by atomic mass is 10.1. The number of aryl methyl sites for hydroxylation is 2. The maximum absolute atomic E-state index is 12.5. The van der Waals surface area contributed by atoms with Gasteiger partial charge < -0.3 is 0 Å². The second-order valence-corrected chi connectivity index (χ2v) is 7.37. The van der Waals surface area contributed by atoms with E-state index in [0.717, 1.165) is 11.1 Å². The summed E-state index contributed by atoms with van der Waals surface area (Å²) in [4.78, 5) is 27.3. The van der Waals surface area contributed by atoms with Crippen LogP contribution < -0.4 is 5.32 Å². The Morgan fingerprint density at radius 3 is 2.66 bits per heavy atom. The number of anilines is 1. The topological polar surface area (TPSA) is 139 Å². The predicted molar refractivity (Wildman–Crippen MR) is 114 cm³/mol. The molecule has 0 saturated carbocycles. The van der Waals surface area contributed by atoms with Gasteiger partial charge in [-0.05, 0) is 32.4 Å². The second kappa shape index (κ2) is 8.41. The number of carbonyl (C=O) groups is 1. The van der Waals surface area contributed by atoms with Crippen LogP contribution in [0.3, 0.4) is 0 Å². The third-order valence-corrected chi connectivity index (χ3v) is 4.87. The summed E-state index contributed by atoms with van der Waals surface area (Å²) in [7, 11) is 0. The third kappa shape index (κ3) is 4.38. The van der Waals surface area contributed by atoms with Crippen LogP contribution >= 0.6 is 0 Å². The highest BCUT2D eigenvalue weighted by Gasteiger charge is 2.22. The van der Waals surface area contributed by atoms with Crippen LogP contribution in [0.2, 0.25) is 0 Å². The fourth-order valence-electron chi connectivity index (χ4n) is 3.38. The minimum absolute atomic E-state index is 0.0255. The van der Waals surface area contributed by atoms with E-state index < -0.39 is 10.8 Å². The summed E-state index contributed by atoms with van der Waals surface area (Å²) in [5, 5.41) is 26.5. The maximum Gasteiger partial charge on any atom is 0.312 e. The van der Waals surface area contributed by atoms with Crippen molar-refractivity contribution in [3.05, 3.63) is 81.2 Å². The van der Waals surface area contributed by atoms with Gasteiger partial charge in [0.2, 0.25) is 5.95 Å². The van der Waals surface area contributed by atoms with Gasteiger partial charge in [0.05, 0.1) is 11.5 Å². The first-order valence-corrected chi connectivity index (χ1v) is 9.78. The fraction of sp³-hybridized carbons (Fsp3) is 0.250. The Morgan fingerprint density at radius 2 is 1.94 bits per heavy atom. The van der Waals surface area contributed by atoms with Gasteiger partial charge in [-0.3, -0.25) is 24.9 Å². The van der Waals surface area contributed by atoms with E-state index in [1.54, 1.807) is 37.1 Å². The lowest BCUT2D eigenvalue weighted by Crippen LogP contribution is -2.16. The van der Waals surface area contributed by atoms with Crippen LogP contribution in [0, 0.1) is 30.9 Å². The molecule has 4 aromatic rings. The van der Waals surface area contributed by atoms with Crippen molar-refractivity contribution in [3.8, 4) is 0 Å². The fourth-order valence-corrected chi connectivity index (χ4v) is 3.38. The minimum atomic E-state index is -0.462. The van der Waals surface area contributed by atoms with Crippen LogP contribution in [0.4, 0.5) is 11.6 Å². The van der Waals surface area contributed by atoms with Crippen molar-refractivity contribution >= 4 is 17.5 Å². The zero-order chi connectivity index (χ0) is 22.8. The van der Waals surface area contributed by atoms with Gasteiger partial charge in [-0.1, -0.05) is 29.8 Å². The predicted octanol–water partition coefficient (Wildman–Crippen LogP) is 2.31. The summed E-state index contributed by atoms with van der Waals surface area (Å²) >= 11 is 0. The molecule has 3 heterocycles. The Labute approximate surface area is 182 Å². The van der Waals surface area contributed by atoms with Crippen molar-refractivity contribution in [2.45, 2.75) is 34.0 Å². The average molecular weight is 435 g/mol. The lowest BCUT2D eigenvalue weighted by molar-refractivity contribution is -0.386. The number of nitrogens with one attached hydrogen (secondary N) is 1. The van der Waals surface area contributed by atoms with E-state index in [1.165, 1.54) is 9.36 Å². The molecular weight excluding hydrogens is 414 g/mol. The summed E-state index contributed by atoms with van der Waals surface area (Å²) < 4.78 is 4.58. The molecule has 0 bridgehead atoms. The monoisotopic (exact) mass is 435 g/mol. The lowest BCUT2D eigenvalue weighted by Gasteiger charge is -2.04. The number of hydrogen-bond acceptors (Lipinski definition) is 7. The minimum Gasteiger partial charge on any atom is -0.288 e. The second-order valence-electron chi connectivity index (χ2n) is 7.37. The smallest absolute Gasteiger partial charge is 0.288 e. The molecule has 1 aromatic carbocycles. The first-order chi connectivity index (χ1) is 15.3. The molecule has 0 unspecified atom stereocenters. The molecule has 164 valence electrons. The molecule has 32 heavy (non-hydrogen) atoms. The van der Waals surface area contributed by atoms with Crippen molar-refractivity contribution in [1.29, 1.82) is 0 Å². The normalized spacial score (nSPS) is 11.0. The number of hydrogen-bond donors (Lipinski definition) is 1. The summed E-state index contributed by atoms with van der Waals surface area (Å²) in [6.07, 6.45) is 3.15. The number of benzene rings is 1. The molecule has 1 amide bonds. The zero-order valence-corrected chi connectivity index (χ0v) is 17.8. The van der Waals surface area contributed by atoms with Gasteiger partial charge in [-0.15, -0.1) is 5.10 Å². The maximum atomic E-state index is 12.5. The van der Waals surface area contributed by atoms with Gasteiger partial charge in [0.25, 0.3) is 5.91 Å². The van der Waals surface area contributed by atoms with Crippen molar-refractivity contribution in [2.75, 3.05) is 5.32 Å². The van der Waals surface area contributed by atoms with Crippen LogP contribution in [0.5, 0.6) is 0 Å². The highest BCUT2D eigenvalue weighted by molar-refractivity contribution is 6.01. The van der Waals surface area contributed by atoms with Crippen molar-refractivity contribution in [3.63, 3.8) is 0 Å². The SMILES string of the molecule is Cc1cccc(Cn2cnc(NC(=O)c3ccn(Cn4nc(C)c([N+](=O)[O-])c4C)n3)n2)c1. The number of nitrogens with zero attached hydrogens (tertiary/aromatic N) is 8. The van der Waals surface area contributed by atoms with Gasteiger partial charge >= 0.3 is 5.69 Å². The molecule has 12 nitrogen and oxygen atoms in total. The highest BCUT2D eigenvalue weighted by atomic mass is 16.6. The van der Waals surface area contributed by atoms with E-state index in [9.17, 15) is 14.9 Å². The van der Waals surface area contributed by atoms with Gasteiger partial charge in [0.15, 0.2) is 5.69 Å². The van der Waals surface area contributed by atoms with Crippen molar-refractivity contribution in [1.82, 2.24) is 34.3 Å². The van der Waals surface area contributed by atoms with Crippen LogP contribution in [-0.4, -0.2) is 45.2 Å². The number of carbonyl (C=O) groups excluding carboxylic acids is 1. The Hall–Kier alpha value is -4.35. The van der Waals surface area contributed by atoms with Crippen LogP contribution in [0.25, 0.3) is 0 Å². The number of amides is 1. The molecule has 0 spiro atoms. The first-order valence-electron chi connectivity index (χ1n) is 9.78. The summed E-state index contributed by atoms with van der Waals surface area (Å²) in [6.45, 7) is 5.89. The summed E-state index contributed by atoms with van der Waals surface area (Å²) in [5.41, 5.74) is 3.11. The average Bonchev–Trinajstić information content (AvgIpc) is 3.42. The van der Waals surface area contributed by atoms with Crippen LogP contribution in [0.1, 0.15) is 33.0 Å². The molecule has 0 atom stereocenters. The van der Waals surface area contributed by atoms with Gasteiger partial charge in [-0.25, -0.2) is 14.3 Å². The molecule has 3 aromatic heterocycles.